The summed E-state index contributed by atoms with van der Waals surface area (Å²) < 4.78 is 0. The summed E-state index contributed by atoms with van der Waals surface area (Å²) in [4.78, 5) is 15.9. The van der Waals surface area contributed by atoms with Crippen molar-refractivity contribution < 1.29 is 9.90 Å². The van der Waals surface area contributed by atoms with Crippen molar-refractivity contribution in [3.05, 3.63) is 24.0 Å². The maximum Gasteiger partial charge on any atom is 0.273 e. The summed E-state index contributed by atoms with van der Waals surface area (Å²) >= 11 is 0. The van der Waals surface area contributed by atoms with Gasteiger partial charge in [-0.1, -0.05) is 13.8 Å². The molecular weight excluding hydrogens is 228 g/mol. The lowest BCUT2D eigenvalue weighted by molar-refractivity contribution is 0.0891. The van der Waals surface area contributed by atoms with E-state index in [4.69, 9.17) is 0 Å². The van der Waals surface area contributed by atoms with Crippen molar-refractivity contribution in [1.82, 2.24) is 10.3 Å². The Labute approximate surface area is 107 Å². The first-order valence-electron chi connectivity index (χ1n) is 6.52. The fourth-order valence-corrected chi connectivity index (χ4v) is 2.69. The molecule has 1 aliphatic rings. The van der Waals surface area contributed by atoms with Gasteiger partial charge in [0.05, 0.1) is 0 Å². The summed E-state index contributed by atoms with van der Waals surface area (Å²) in [6.07, 6.45) is 4.80. The van der Waals surface area contributed by atoms with E-state index in [9.17, 15) is 9.90 Å². The van der Waals surface area contributed by atoms with Crippen LogP contribution in [0.15, 0.2) is 18.3 Å². The van der Waals surface area contributed by atoms with E-state index in [1.807, 2.05) is 0 Å². The van der Waals surface area contributed by atoms with Crippen LogP contribution in [-0.4, -0.2) is 22.0 Å². The predicted octanol–water partition coefficient (Wildman–Crippen LogP) is 2.34. The van der Waals surface area contributed by atoms with Crippen molar-refractivity contribution in [2.45, 2.75) is 39.2 Å². The Hall–Kier alpha value is -1.58. The average molecular weight is 248 g/mol. The second-order valence-electron chi connectivity index (χ2n) is 5.35. The van der Waals surface area contributed by atoms with Gasteiger partial charge >= 0.3 is 0 Å². The van der Waals surface area contributed by atoms with Crippen LogP contribution in [0.2, 0.25) is 0 Å². The van der Waals surface area contributed by atoms with E-state index in [1.165, 1.54) is 12.3 Å². The minimum atomic E-state index is -0.278. The molecule has 0 saturated heterocycles. The Morgan fingerprint density at radius 1 is 1.44 bits per heavy atom. The monoisotopic (exact) mass is 248 g/mol. The third kappa shape index (κ3) is 2.81. The van der Waals surface area contributed by atoms with E-state index < -0.39 is 0 Å². The Morgan fingerprint density at radius 2 is 2.22 bits per heavy atom. The number of aromatic nitrogens is 1. The lowest BCUT2D eigenvalue weighted by Crippen LogP contribution is -2.42. The topological polar surface area (TPSA) is 62.2 Å². The van der Waals surface area contributed by atoms with Crippen LogP contribution in [0.25, 0.3) is 0 Å². The highest BCUT2D eigenvalue weighted by Gasteiger charge is 2.27. The summed E-state index contributed by atoms with van der Waals surface area (Å²) in [5.41, 5.74) is 0.114. The third-order valence-corrected chi connectivity index (χ3v) is 3.75. The number of nitrogens with zero attached hydrogens (tertiary/aromatic N) is 1. The average Bonchev–Trinajstić information content (AvgIpc) is 2.33. The van der Waals surface area contributed by atoms with Crippen LogP contribution in [0.3, 0.4) is 0 Å². The molecule has 1 fully saturated rings. The van der Waals surface area contributed by atoms with Gasteiger partial charge in [0.15, 0.2) is 5.69 Å². The Balaban J connectivity index is 2.02. The molecule has 18 heavy (non-hydrogen) atoms. The highest BCUT2D eigenvalue weighted by Crippen LogP contribution is 2.28. The van der Waals surface area contributed by atoms with Gasteiger partial charge in [-0.3, -0.25) is 4.79 Å². The zero-order valence-electron chi connectivity index (χ0n) is 10.9. The number of carbonyl (C=O) groups is 1. The first kappa shape index (κ1) is 12.9. The number of aromatic hydroxyl groups is 1. The first-order chi connectivity index (χ1) is 8.58. The van der Waals surface area contributed by atoms with E-state index in [2.05, 4.69) is 24.1 Å². The molecule has 4 heteroatoms. The van der Waals surface area contributed by atoms with Gasteiger partial charge in [-0.15, -0.1) is 0 Å². The molecule has 1 amide bonds. The minimum absolute atomic E-state index is 0.0631. The van der Waals surface area contributed by atoms with Crippen LogP contribution in [-0.2, 0) is 0 Å². The van der Waals surface area contributed by atoms with Crippen LogP contribution < -0.4 is 5.32 Å². The van der Waals surface area contributed by atoms with Crippen molar-refractivity contribution in [2.24, 2.45) is 11.8 Å². The Morgan fingerprint density at radius 3 is 2.89 bits per heavy atom. The molecule has 0 bridgehead atoms. The number of carbonyl (C=O) groups excluding carboxylic acids is 1. The van der Waals surface area contributed by atoms with Crippen molar-refractivity contribution >= 4 is 5.91 Å². The fourth-order valence-electron chi connectivity index (χ4n) is 2.69. The molecule has 0 radical (unpaired) electrons. The molecule has 1 aromatic heterocycles. The molecule has 98 valence electrons. The molecule has 0 spiro atoms. The Bertz CT molecular complexity index is 434. The van der Waals surface area contributed by atoms with Crippen LogP contribution in [0, 0.1) is 11.8 Å². The lowest BCUT2D eigenvalue weighted by atomic mass is 9.80. The van der Waals surface area contributed by atoms with Gasteiger partial charge in [-0.2, -0.15) is 0 Å². The molecule has 0 aromatic carbocycles. The molecular formula is C14H20N2O2. The van der Waals surface area contributed by atoms with Gasteiger partial charge in [0, 0.05) is 12.2 Å². The van der Waals surface area contributed by atoms with Gasteiger partial charge in [-0.05, 0) is 43.2 Å². The second kappa shape index (κ2) is 5.38. The smallest absolute Gasteiger partial charge is 0.273 e. The summed E-state index contributed by atoms with van der Waals surface area (Å²) in [6.45, 7) is 4.41. The molecule has 1 saturated carbocycles. The highest BCUT2D eigenvalue weighted by atomic mass is 16.3. The molecule has 1 aliphatic carbocycles. The summed E-state index contributed by atoms with van der Waals surface area (Å²) in [6, 6.07) is 3.28. The number of pyridine rings is 1. The van der Waals surface area contributed by atoms with Crippen LogP contribution >= 0.6 is 0 Å². The largest absolute Gasteiger partial charge is 0.505 e. The molecule has 3 atom stereocenters. The van der Waals surface area contributed by atoms with Crippen molar-refractivity contribution in [2.75, 3.05) is 0 Å². The van der Waals surface area contributed by atoms with E-state index in [0.29, 0.717) is 5.92 Å². The molecule has 4 nitrogen and oxygen atoms in total. The number of hydrogen-bond acceptors (Lipinski definition) is 3. The maximum atomic E-state index is 12.0. The summed E-state index contributed by atoms with van der Waals surface area (Å²) in [5.74, 6) is 0.867. The number of nitrogens with one attached hydrogen (secondary N) is 1. The van der Waals surface area contributed by atoms with E-state index in [-0.39, 0.29) is 23.4 Å². The second-order valence-corrected chi connectivity index (χ2v) is 5.35. The Kier molecular flexibility index (Phi) is 3.84. The van der Waals surface area contributed by atoms with Gasteiger partial charge in [0.25, 0.3) is 5.91 Å². The van der Waals surface area contributed by atoms with Crippen LogP contribution in [0.1, 0.15) is 43.6 Å². The molecule has 2 rings (SSSR count). The lowest BCUT2D eigenvalue weighted by Gasteiger charge is -2.33. The zero-order chi connectivity index (χ0) is 13.1. The third-order valence-electron chi connectivity index (χ3n) is 3.75. The van der Waals surface area contributed by atoms with Crippen molar-refractivity contribution in [3.8, 4) is 5.75 Å². The summed E-state index contributed by atoms with van der Waals surface area (Å²) in [5, 5.41) is 12.6. The normalized spacial score (nSPS) is 27.8. The standard InChI is InChI=1S/C14H20N2O2/c1-9-5-6-11(10(2)8-9)16-14(18)13-12(17)4-3-7-15-13/h3-4,7,9-11,17H,5-6,8H2,1-2H3,(H,16,18). The first-order valence-corrected chi connectivity index (χ1v) is 6.52. The van der Waals surface area contributed by atoms with Crippen LogP contribution in [0.4, 0.5) is 0 Å². The van der Waals surface area contributed by atoms with Gasteiger partial charge in [-0.25, -0.2) is 4.98 Å². The van der Waals surface area contributed by atoms with Crippen LogP contribution in [0.5, 0.6) is 5.75 Å². The van der Waals surface area contributed by atoms with Crippen molar-refractivity contribution in [1.29, 1.82) is 0 Å². The van der Waals surface area contributed by atoms with Gasteiger partial charge in [0.1, 0.15) is 5.75 Å². The number of rotatable bonds is 2. The highest BCUT2D eigenvalue weighted by molar-refractivity contribution is 5.94. The quantitative estimate of drug-likeness (QED) is 0.844. The predicted molar refractivity (Wildman–Crippen MR) is 69.3 cm³/mol. The number of amides is 1. The molecule has 2 N–H and O–H groups in total. The zero-order valence-corrected chi connectivity index (χ0v) is 10.9. The fraction of sp³-hybridized carbons (Fsp3) is 0.571. The van der Waals surface area contributed by atoms with E-state index in [1.54, 1.807) is 6.07 Å². The van der Waals surface area contributed by atoms with Crippen molar-refractivity contribution in [3.63, 3.8) is 0 Å². The number of hydrogen-bond donors (Lipinski definition) is 2. The molecule has 1 aromatic rings. The van der Waals surface area contributed by atoms with E-state index >= 15 is 0 Å². The molecule has 1 heterocycles. The SMILES string of the molecule is CC1CCC(NC(=O)c2ncccc2O)C(C)C1. The minimum Gasteiger partial charge on any atom is -0.505 e. The molecule has 0 aliphatic heterocycles. The van der Waals surface area contributed by atoms with E-state index in [0.717, 1.165) is 25.2 Å². The van der Waals surface area contributed by atoms with Gasteiger partial charge in [0.2, 0.25) is 0 Å². The molecule has 3 unspecified atom stereocenters. The summed E-state index contributed by atoms with van der Waals surface area (Å²) in [7, 11) is 0. The maximum absolute atomic E-state index is 12.0. The van der Waals surface area contributed by atoms with Gasteiger partial charge < -0.3 is 10.4 Å².